The number of hydrogen-bond donors (Lipinski definition) is 2. The summed E-state index contributed by atoms with van der Waals surface area (Å²) in [5, 5.41) is 14.0. The maximum atomic E-state index is 12.9. The lowest BCUT2D eigenvalue weighted by Gasteiger charge is -2.31. The van der Waals surface area contributed by atoms with E-state index in [0.29, 0.717) is 12.5 Å². The first-order chi connectivity index (χ1) is 14.6. The first-order valence-electron chi connectivity index (χ1n) is 11.0. The third-order valence-corrected chi connectivity index (χ3v) is 7.94. The van der Waals surface area contributed by atoms with Crippen LogP contribution in [0, 0.1) is 5.92 Å². The number of fused-ring (bicyclic) bond motifs is 1. The van der Waals surface area contributed by atoms with Crippen LogP contribution in [0.15, 0.2) is 53.4 Å². The molecule has 1 radical (unpaired) electrons. The fourth-order valence-corrected chi connectivity index (χ4v) is 5.74. The second-order valence-electron chi connectivity index (χ2n) is 9.31. The van der Waals surface area contributed by atoms with Crippen LogP contribution in [0.3, 0.4) is 0 Å². The van der Waals surface area contributed by atoms with E-state index < -0.39 is 16.1 Å². The summed E-state index contributed by atoms with van der Waals surface area (Å²) in [6.07, 6.45) is 2.40. The molecule has 1 unspecified atom stereocenters. The quantitative estimate of drug-likeness (QED) is 0.555. The molecule has 0 aliphatic heterocycles. The molecule has 0 bridgehead atoms. The largest absolute Gasteiger partial charge is 0.390 e. The van der Waals surface area contributed by atoms with Crippen LogP contribution in [0.25, 0.3) is 0 Å². The molecular weight excluding hydrogens is 407 g/mol. The lowest BCUT2D eigenvalue weighted by Crippen LogP contribution is -2.47. The van der Waals surface area contributed by atoms with Crippen LogP contribution in [0.4, 0.5) is 0 Å². The zero-order chi connectivity index (χ0) is 22.6. The molecule has 0 amide bonds. The molecule has 0 aromatic heterocycles. The first kappa shape index (κ1) is 24.0. The molecule has 2 aromatic rings. The molecule has 1 atom stereocenters. The van der Waals surface area contributed by atoms with Crippen LogP contribution in [0.1, 0.15) is 31.4 Å². The Balaban J connectivity index is 1.51. The predicted octanol–water partition coefficient (Wildman–Crippen LogP) is 2.22. The van der Waals surface area contributed by atoms with Gasteiger partial charge in [0, 0.05) is 25.7 Å². The highest BCUT2D eigenvalue weighted by Gasteiger charge is 2.29. The number of rotatable bonds is 10. The van der Waals surface area contributed by atoms with Crippen LogP contribution in [-0.2, 0) is 22.9 Å². The van der Waals surface area contributed by atoms with Crippen LogP contribution in [0.2, 0.25) is 6.82 Å². The lowest BCUT2D eigenvalue weighted by atomic mass is 9.74. The van der Waals surface area contributed by atoms with Crippen molar-refractivity contribution in [3.05, 3.63) is 59.7 Å². The van der Waals surface area contributed by atoms with Gasteiger partial charge in [-0.05, 0) is 62.3 Å². The van der Waals surface area contributed by atoms with Gasteiger partial charge in [-0.25, -0.2) is 8.42 Å². The van der Waals surface area contributed by atoms with E-state index in [4.69, 9.17) is 0 Å². The van der Waals surface area contributed by atoms with Gasteiger partial charge in [0.2, 0.25) is 10.0 Å². The predicted molar refractivity (Wildman–Crippen MR) is 128 cm³/mol. The summed E-state index contributed by atoms with van der Waals surface area (Å²) >= 11 is 0. The smallest absolute Gasteiger partial charge is 0.242 e. The van der Waals surface area contributed by atoms with E-state index in [1.54, 1.807) is 18.2 Å². The number of nitrogens with zero attached hydrogens (tertiary/aromatic N) is 1. The van der Waals surface area contributed by atoms with E-state index in [0.717, 1.165) is 24.7 Å². The van der Waals surface area contributed by atoms with Crippen molar-refractivity contribution in [2.45, 2.75) is 56.5 Å². The van der Waals surface area contributed by atoms with E-state index in [2.05, 4.69) is 43.4 Å². The van der Waals surface area contributed by atoms with Gasteiger partial charge < -0.3 is 10.4 Å². The summed E-state index contributed by atoms with van der Waals surface area (Å²) < 4.78 is 26.9. The van der Waals surface area contributed by atoms with Crippen molar-refractivity contribution < 1.29 is 13.5 Å². The Bertz CT molecular complexity index is 969. The Hall–Kier alpha value is -1.67. The monoisotopic (exact) mass is 441 g/mol. The van der Waals surface area contributed by atoms with Crippen molar-refractivity contribution in [3.63, 3.8) is 0 Å². The Morgan fingerprint density at radius 2 is 1.81 bits per heavy atom. The minimum absolute atomic E-state index is 0.0420. The van der Waals surface area contributed by atoms with Gasteiger partial charge in [0.1, 0.15) is 7.28 Å². The van der Waals surface area contributed by atoms with E-state index in [-0.39, 0.29) is 17.0 Å². The highest BCUT2D eigenvalue weighted by atomic mass is 32.2. The van der Waals surface area contributed by atoms with Crippen molar-refractivity contribution >= 4 is 22.8 Å². The van der Waals surface area contributed by atoms with Gasteiger partial charge in [0.15, 0.2) is 0 Å². The first-order valence-corrected chi connectivity index (χ1v) is 12.4. The molecule has 2 N–H and O–H groups in total. The SMILES string of the molecule is C[B]c1cccc(S(=O)(=O)N(C)CC(O)CNC(C)(C)CC2Cc3ccccc3C2)c1. The second-order valence-corrected chi connectivity index (χ2v) is 11.4. The van der Waals surface area contributed by atoms with Gasteiger partial charge >= 0.3 is 0 Å². The maximum Gasteiger partial charge on any atom is 0.242 e. The van der Waals surface area contributed by atoms with Crippen molar-refractivity contribution in [1.29, 1.82) is 0 Å². The summed E-state index contributed by atoms with van der Waals surface area (Å²) in [7, 11) is -0.265. The summed E-state index contributed by atoms with van der Waals surface area (Å²) in [5.74, 6) is 0.586. The van der Waals surface area contributed by atoms with E-state index in [9.17, 15) is 13.5 Å². The molecule has 3 rings (SSSR count). The fourth-order valence-electron chi connectivity index (χ4n) is 4.48. The standard InChI is InChI=1S/C24H34BN2O3S/c1-24(2,15-18-12-19-8-5-6-9-20(19)13-18)26-16-22(28)17-27(4)31(29,30)23-11-7-10-21(14-23)25-3/h5-11,14,18,22,26,28H,12-13,15-17H2,1-4H3. The minimum atomic E-state index is -3.64. The molecule has 0 spiro atoms. The van der Waals surface area contributed by atoms with E-state index in [1.165, 1.54) is 22.5 Å². The van der Waals surface area contributed by atoms with Gasteiger partial charge in [0.25, 0.3) is 0 Å². The number of aliphatic hydroxyl groups excluding tert-OH is 1. The molecule has 0 fully saturated rings. The molecule has 0 saturated heterocycles. The summed E-state index contributed by atoms with van der Waals surface area (Å²) in [5.41, 5.74) is 3.60. The molecule has 1 aliphatic rings. The maximum absolute atomic E-state index is 12.9. The number of hydrogen-bond acceptors (Lipinski definition) is 4. The molecule has 0 saturated carbocycles. The van der Waals surface area contributed by atoms with Gasteiger partial charge in [-0.3, -0.25) is 0 Å². The Morgan fingerprint density at radius 3 is 2.42 bits per heavy atom. The molecule has 167 valence electrons. The summed E-state index contributed by atoms with van der Waals surface area (Å²) in [6, 6.07) is 15.5. The highest BCUT2D eigenvalue weighted by Crippen LogP contribution is 2.31. The number of nitrogens with one attached hydrogen (secondary N) is 1. The molecular formula is C24H34BN2O3S. The fraction of sp³-hybridized carbons (Fsp3) is 0.500. The summed E-state index contributed by atoms with van der Waals surface area (Å²) in [4.78, 5) is 0.242. The second kappa shape index (κ2) is 9.86. The van der Waals surface area contributed by atoms with Crippen LogP contribution in [-0.4, -0.2) is 56.9 Å². The lowest BCUT2D eigenvalue weighted by molar-refractivity contribution is 0.135. The Labute approximate surface area is 188 Å². The number of benzene rings is 2. The average Bonchev–Trinajstić information content (AvgIpc) is 3.13. The van der Waals surface area contributed by atoms with Crippen LogP contribution in [0.5, 0.6) is 0 Å². The van der Waals surface area contributed by atoms with Crippen LogP contribution >= 0.6 is 0 Å². The van der Waals surface area contributed by atoms with Gasteiger partial charge in [-0.15, -0.1) is 0 Å². The minimum Gasteiger partial charge on any atom is -0.390 e. The molecule has 31 heavy (non-hydrogen) atoms. The Morgan fingerprint density at radius 1 is 1.16 bits per heavy atom. The highest BCUT2D eigenvalue weighted by molar-refractivity contribution is 7.89. The number of β-amino-alcohol motifs (C(OH)–C–C–N with tert-alkyl or cyclic N) is 1. The van der Waals surface area contributed by atoms with Crippen molar-refractivity contribution in [3.8, 4) is 0 Å². The molecule has 1 aliphatic carbocycles. The molecule has 0 heterocycles. The number of likely N-dealkylation sites (N-methyl/N-ethyl adjacent to an activating group) is 1. The van der Waals surface area contributed by atoms with E-state index in [1.807, 2.05) is 20.2 Å². The average molecular weight is 441 g/mol. The normalized spacial score (nSPS) is 15.8. The van der Waals surface area contributed by atoms with Gasteiger partial charge in [-0.2, -0.15) is 4.31 Å². The van der Waals surface area contributed by atoms with Gasteiger partial charge in [-0.1, -0.05) is 48.7 Å². The zero-order valence-electron chi connectivity index (χ0n) is 19.0. The Kier molecular flexibility index (Phi) is 7.63. The topological polar surface area (TPSA) is 69.6 Å². The molecule has 2 aromatic carbocycles. The van der Waals surface area contributed by atoms with Gasteiger partial charge in [0.05, 0.1) is 11.0 Å². The van der Waals surface area contributed by atoms with Crippen LogP contribution < -0.4 is 10.8 Å². The zero-order valence-corrected chi connectivity index (χ0v) is 19.8. The van der Waals surface area contributed by atoms with Crippen molar-refractivity contribution in [1.82, 2.24) is 9.62 Å². The third-order valence-electron chi connectivity index (χ3n) is 6.12. The molecule has 5 nitrogen and oxygen atoms in total. The molecule has 7 heteroatoms. The number of aliphatic hydroxyl groups is 1. The number of sulfonamides is 1. The third kappa shape index (κ3) is 6.19. The van der Waals surface area contributed by atoms with Crippen molar-refractivity contribution in [2.24, 2.45) is 5.92 Å². The summed E-state index contributed by atoms with van der Waals surface area (Å²) in [6.45, 7) is 6.55. The van der Waals surface area contributed by atoms with Crippen molar-refractivity contribution in [2.75, 3.05) is 20.1 Å². The van der Waals surface area contributed by atoms with E-state index >= 15 is 0 Å².